The molecule has 2 fully saturated rings. The fraction of sp³-hybridized carbons (Fsp3) is 0.467. The van der Waals surface area contributed by atoms with Gasteiger partial charge in [-0.1, -0.05) is 18.2 Å². The number of ether oxygens (including phenoxy) is 4. The van der Waals surface area contributed by atoms with Crippen molar-refractivity contribution in [3.05, 3.63) is 53.2 Å². The Morgan fingerprint density at radius 2 is 1.82 bits per heavy atom. The Morgan fingerprint density at radius 1 is 1.05 bits per heavy atom. The quantitative estimate of drug-likeness (QED) is 0.381. The van der Waals surface area contributed by atoms with E-state index in [0.717, 1.165) is 37.9 Å². The van der Waals surface area contributed by atoms with E-state index < -0.39 is 11.9 Å². The number of rotatable bonds is 6. The van der Waals surface area contributed by atoms with E-state index in [4.69, 9.17) is 18.9 Å². The van der Waals surface area contributed by atoms with E-state index in [0.29, 0.717) is 35.2 Å². The van der Waals surface area contributed by atoms with Gasteiger partial charge in [-0.2, -0.15) is 0 Å². The van der Waals surface area contributed by atoms with E-state index in [9.17, 15) is 9.59 Å². The van der Waals surface area contributed by atoms with Gasteiger partial charge >= 0.3 is 5.97 Å². The van der Waals surface area contributed by atoms with Crippen LogP contribution < -0.4 is 14.2 Å². The number of aromatic amines is 1. The highest BCUT2D eigenvalue weighted by molar-refractivity contribution is 6.00. The van der Waals surface area contributed by atoms with Crippen molar-refractivity contribution in [2.24, 2.45) is 17.8 Å². The van der Waals surface area contributed by atoms with Crippen LogP contribution in [0.4, 0.5) is 0 Å². The molecule has 1 saturated carbocycles. The number of carbonyl (C=O) groups excluding carboxylic acids is 2. The minimum atomic E-state index is -0.729. The number of H-pyrrole nitrogens is 1. The third-order valence-corrected chi connectivity index (χ3v) is 8.74. The number of methoxy groups -OCH3 is 3. The molecule has 1 saturated heterocycles. The molecule has 1 N–H and O–H groups in total. The second kappa shape index (κ2) is 9.98. The largest absolute Gasteiger partial charge is 0.493 e. The molecular weight excluding hydrogens is 484 g/mol. The summed E-state index contributed by atoms with van der Waals surface area (Å²) in [5.74, 6) is 0.590. The van der Waals surface area contributed by atoms with Crippen molar-refractivity contribution >= 4 is 22.7 Å². The number of para-hydroxylation sites is 1. The topological polar surface area (TPSA) is 90.1 Å². The molecule has 2 aliphatic heterocycles. The van der Waals surface area contributed by atoms with Crippen LogP contribution in [0.5, 0.6) is 17.2 Å². The van der Waals surface area contributed by atoms with Crippen molar-refractivity contribution in [2.45, 2.75) is 38.3 Å². The van der Waals surface area contributed by atoms with Crippen molar-refractivity contribution in [1.29, 1.82) is 0 Å². The Bertz CT molecular complexity index is 1360. The molecule has 0 unspecified atom stereocenters. The zero-order valence-electron chi connectivity index (χ0n) is 22.1. The van der Waals surface area contributed by atoms with Gasteiger partial charge in [-0.25, -0.2) is 0 Å². The smallest absolute Gasteiger partial charge is 0.317 e. The van der Waals surface area contributed by atoms with Crippen molar-refractivity contribution in [3.63, 3.8) is 0 Å². The van der Waals surface area contributed by atoms with Crippen molar-refractivity contribution in [1.82, 2.24) is 9.88 Å². The number of nitrogens with one attached hydrogen (secondary N) is 1. The highest BCUT2D eigenvalue weighted by atomic mass is 16.5. The van der Waals surface area contributed by atoms with Crippen LogP contribution >= 0.6 is 0 Å². The molecule has 38 heavy (non-hydrogen) atoms. The SMILES string of the molecule is COc1cc(COC(=O)[C@H]2C(=O)CC[C@H]3CN4CCc5c([nH]c6ccccc56)[C@@H]4C[C@@H]32)cc(OC)c1OC. The van der Waals surface area contributed by atoms with Gasteiger partial charge in [0.1, 0.15) is 18.3 Å². The average Bonchev–Trinajstić information content (AvgIpc) is 3.33. The zero-order chi connectivity index (χ0) is 26.4. The first kappa shape index (κ1) is 24.8. The van der Waals surface area contributed by atoms with Gasteiger partial charge in [-0.3, -0.25) is 14.5 Å². The molecule has 3 heterocycles. The molecule has 1 aliphatic carbocycles. The van der Waals surface area contributed by atoms with Crippen LogP contribution in [0, 0.1) is 17.8 Å². The number of benzene rings is 2. The number of hydrogen-bond donors (Lipinski definition) is 1. The molecule has 0 amide bonds. The second-order valence-electron chi connectivity index (χ2n) is 10.6. The van der Waals surface area contributed by atoms with Gasteiger partial charge < -0.3 is 23.9 Å². The highest BCUT2D eigenvalue weighted by Gasteiger charge is 2.49. The Kier molecular flexibility index (Phi) is 6.51. The minimum absolute atomic E-state index is 0.00210. The Hall–Kier alpha value is -3.52. The summed E-state index contributed by atoms with van der Waals surface area (Å²) in [7, 11) is 4.63. The number of Topliss-reactive ketones (excluding diaryl/α,β-unsaturated/α-hetero) is 1. The third-order valence-electron chi connectivity index (χ3n) is 8.74. The molecule has 1 aromatic heterocycles. The molecule has 0 bridgehead atoms. The number of piperidine rings is 1. The van der Waals surface area contributed by atoms with Crippen LogP contribution in [0.2, 0.25) is 0 Å². The lowest BCUT2D eigenvalue weighted by Crippen LogP contribution is -2.52. The van der Waals surface area contributed by atoms with Gasteiger partial charge in [-0.05, 0) is 60.4 Å². The number of aromatic nitrogens is 1. The maximum atomic E-state index is 13.5. The third kappa shape index (κ3) is 4.11. The van der Waals surface area contributed by atoms with Crippen LogP contribution in [-0.2, 0) is 27.4 Å². The monoisotopic (exact) mass is 518 g/mol. The normalized spacial score (nSPS) is 24.8. The first-order chi connectivity index (χ1) is 18.5. The van der Waals surface area contributed by atoms with Gasteiger partial charge in [-0.15, -0.1) is 0 Å². The molecular formula is C30H34N2O6. The summed E-state index contributed by atoms with van der Waals surface area (Å²) in [5, 5.41) is 1.28. The summed E-state index contributed by atoms with van der Waals surface area (Å²) in [4.78, 5) is 32.8. The number of fused-ring (bicyclic) bond motifs is 6. The molecule has 6 rings (SSSR count). The number of nitrogens with zero attached hydrogens (tertiary/aromatic N) is 1. The van der Waals surface area contributed by atoms with E-state index in [-0.39, 0.29) is 24.3 Å². The van der Waals surface area contributed by atoms with Gasteiger partial charge in [0.2, 0.25) is 5.75 Å². The summed E-state index contributed by atoms with van der Waals surface area (Å²) in [5.41, 5.74) is 4.49. The lowest BCUT2D eigenvalue weighted by atomic mass is 9.65. The summed E-state index contributed by atoms with van der Waals surface area (Å²) >= 11 is 0. The minimum Gasteiger partial charge on any atom is -0.493 e. The molecule has 8 nitrogen and oxygen atoms in total. The zero-order valence-corrected chi connectivity index (χ0v) is 22.1. The molecule has 0 spiro atoms. The van der Waals surface area contributed by atoms with E-state index in [1.54, 1.807) is 33.5 Å². The lowest BCUT2D eigenvalue weighted by Gasteiger charge is -2.49. The number of hydrogen-bond acceptors (Lipinski definition) is 7. The van der Waals surface area contributed by atoms with Gasteiger partial charge in [0, 0.05) is 36.1 Å². The average molecular weight is 519 g/mol. The van der Waals surface area contributed by atoms with Crippen LogP contribution in [0.1, 0.15) is 42.1 Å². The highest BCUT2D eigenvalue weighted by Crippen LogP contribution is 2.48. The number of carbonyl (C=O) groups is 2. The Labute approximate surface area is 222 Å². The Balaban J connectivity index is 1.23. The Morgan fingerprint density at radius 3 is 2.55 bits per heavy atom. The van der Waals surface area contributed by atoms with Crippen LogP contribution in [0.3, 0.4) is 0 Å². The molecule has 4 atom stereocenters. The van der Waals surface area contributed by atoms with E-state index in [1.807, 2.05) is 0 Å². The van der Waals surface area contributed by atoms with Gasteiger partial charge in [0.05, 0.1) is 27.4 Å². The van der Waals surface area contributed by atoms with E-state index in [2.05, 4.69) is 34.1 Å². The molecule has 3 aliphatic rings. The van der Waals surface area contributed by atoms with E-state index >= 15 is 0 Å². The van der Waals surface area contributed by atoms with Crippen LogP contribution in [0.15, 0.2) is 36.4 Å². The summed E-state index contributed by atoms with van der Waals surface area (Å²) < 4.78 is 22.0. The fourth-order valence-electron chi connectivity index (χ4n) is 6.95. The summed E-state index contributed by atoms with van der Waals surface area (Å²) in [6, 6.07) is 12.1. The van der Waals surface area contributed by atoms with E-state index in [1.165, 1.54) is 16.6 Å². The maximum Gasteiger partial charge on any atom is 0.317 e. The van der Waals surface area contributed by atoms with Crippen LogP contribution in [0.25, 0.3) is 10.9 Å². The number of esters is 1. The molecule has 2 aromatic carbocycles. The fourth-order valence-corrected chi connectivity index (χ4v) is 6.95. The molecule has 8 heteroatoms. The second-order valence-corrected chi connectivity index (χ2v) is 10.6. The summed E-state index contributed by atoms with van der Waals surface area (Å²) in [6.45, 7) is 1.94. The van der Waals surface area contributed by atoms with Crippen molar-refractivity contribution < 1.29 is 28.5 Å². The predicted molar refractivity (Wildman–Crippen MR) is 142 cm³/mol. The van der Waals surface area contributed by atoms with Crippen molar-refractivity contribution in [3.8, 4) is 17.2 Å². The first-order valence-corrected chi connectivity index (χ1v) is 13.3. The molecule has 3 aromatic rings. The molecule has 200 valence electrons. The first-order valence-electron chi connectivity index (χ1n) is 13.3. The standard InChI is InChI=1S/C30H34N2O6/c1-35-25-12-17(13-26(36-2)29(25)37-3)16-38-30(34)27-21-14-23-28-20(19-6-4-5-7-22(19)31-28)10-11-32(23)15-18(21)8-9-24(27)33/h4-7,12-13,18,21,23,27,31H,8-11,14-16H2,1-3H3/t18-,21-,23-,27+/m0/s1. The molecule has 0 radical (unpaired) electrons. The van der Waals surface area contributed by atoms with Gasteiger partial charge in [0.15, 0.2) is 11.5 Å². The summed E-state index contributed by atoms with van der Waals surface area (Å²) in [6.07, 6.45) is 3.07. The predicted octanol–water partition coefficient (Wildman–Crippen LogP) is 4.45. The maximum absolute atomic E-state index is 13.5. The van der Waals surface area contributed by atoms with Crippen LogP contribution in [-0.4, -0.2) is 56.1 Å². The van der Waals surface area contributed by atoms with Gasteiger partial charge in [0.25, 0.3) is 0 Å². The van der Waals surface area contributed by atoms with Crippen molar-refractivity contribution in [2.75, 3.05) is 34.4 Å². The number of ketones is 1. The lowest BCUT2D eigenvalue weighted by molar-refractivity contribution is -0.161.